The number of allylic oxidation sites excluding steroid dienone is 1. The quantitative estimate of drug-likeness (QED) is 0.495. The molecule has 0 aromatic rings. The number of halogens is 1. The lowest BCUT2D eigenvalue weighted by atomic mass is 10.5. The van der Waals surface area contributed by atoms with Gasteiger partial charge in [-0.1, -0.05) is 0 Å². The first-order chi connectivity index (χ1) is 3.79. The van der Waals surface area contributed by atoms with Gasteiger partial charge in [-0.05, 0) is 6.92 Å². The average Bonchev–Trinajstić information content (AvgIpc) is 1.77. The van der Waals surface area contributed by atoms with Crippen molar-refractivity contribution in [3.05, 3.63) is 12.0 Å². The van der Waals surface area contributed by atoms with Gasteiger partial charge < -0.3 is 5.32 Å². The predicted molar refractivity (Wildman–Crippen MR) is 30.3 cm³/mol. The molecular weight excluding hydrogens is 107 g/mol. The van der Waals surface area contributed by atoms with Crippen molar-refractivity contribution in [1.82, 2.24) is 5.32 Å². The van der Waals surface area contributed by atoms with Crippen LogP contribution in [-0.4, -0.2) is 12.4 Å². The van der Waals surface area contributed by atoms with E-state index in [2.05, 4.69) is 10.3 Å². The zero-order valence-electron chi connectivity index (χ0n) is 4.56. The van der Waals surface area contributed by atoms with Crippen LogP contribution in [0.5, 0.6) is 0 Å². The van der Waals surface area contributed by atoms with E-state index in [1.807, 2.05) is 6.92 Å². The van der Waals surface area contributed by atoms with Gasteiger partial charge in [0.25, 0.3) is 0 Å². The Hall–Kier alpha value is -0.860. The van der Waals surface area contributed by atoms with Gasteiger partial charge in [0.1, 0.15) is 6.17 Å². The summed E-state index contributed by atoms with van der Waals surface area (Å²) in [5.41, 5.74) is 0. The van der Waals surface area contributed by atoms with Crippen LogP contribution < -0.4 is 5.32 Å². The van der Waals surface area contributed by atoms with Crippen molar-refractivity contribution in [2.45, 2.75) is 13.1 Å². The van der Waals surface area contributed by atoms with E-state index in [-0.39, 0.29) is 12.0 Å². The molecule has 0 aromatic carbocycles. The summed E-state index contributed by atoms with van der Waals surface area (Å²) < 4.78 is 12.0. The molecule has 1 unspecified atom stereocenters. The molecule has 2 nitrogen and oxygen atoms in total. The van der Waals surface area contributed by atoms with E-state index in [9.17, 15) is 4.39 Å². The van der Waals surface area contributed by atoms with Gasteiger partial charge in [0.05, 0.1) is 6.21 Å². The molecule has 0 saturated heterocycles. The minimum Gasteiger partial charge on any atom is -0.368 e. The van der Waals surface area contributed by atoms with E-state index in [0.717, 1.165) is 0 Å². The molecule has 1 N–H and O–H groups in total. The van der Waals surface area contributed by atoms with Crippen molar-refractivity contribution in [3.63, 3.8) is 0 Å². The van der Waals surface area contributed by atoms with Gasteiger partial charge in [-0.25, -0.2) is 4.39 Å². The zero-order valence-corrected chi connectivity index (χ0v) is 4.56. The Morgan fingerprint density at radius 1 is 1.88 bits per heavy atom. The van der Waals surface area contributed by atoms with Crippen molar-refractivity contribution in [3.8, 4) is 0 Å². The second-order valence-electron chi connectivity index (χ2n) is 1.65. The van der Waals surface area contributed by atoms with E-state index in [0.29, 0.717) is 0 Å². The summed E-state index contributed by atoms with van der Waals surface area (Å²) in [6.07, 6.45) is 2.54. The molecule has 1 aliphatic rings. The predicted octanol–water partition coefficient (Wildman–Crippen LogP) is 0.817. The summed E-state index contributed by atoms with van der Waals surface area (Å²) in [4.78, 5) is 3.73. The highest BCUT2D eigenvalue weighted by atomic mass is 19.1. The minimum atomic E-state index is -0.317. The SMILES string of the molecule is CC1N=CC(F)=CN1. The molecule has 44 valence electrons. The van der Waals surface area contributed by atoms with Crippen LogP contribution in [0.4, 0.5) is 4.39 Å². The van der Waals surface area contributed by atoms with E-state index in [4.69, 9.17) is 0 Å². The lowest BCUT2D eigenvalue weighted by molar-refractivity contribution is 0.608. The first kappa shape index (κ1) is 5.28. The summed E-state index contributed by atoms with van der Waals surface area (Å²) in [5, 5.41) is 2.70. The Morgan fingerprint density at radius 2 is 2.62 bits per heavy atom. The van der Waals surface area contributed by atoms with E-state index in [1.54, 1.807) is 0 Å². The molecule has 8 heavy (non-hydrogen) atoms. The minimum absolute atomic E-state index is 0.0227. The molecule has 0 spiro atoms. The van der Waals surface area contributed by atoms with Gasteiger partial charge in [-0.3, -0.25) is 4.99 Å². The summed E-state index contributed by atoms with van der Waals surface area (Å²) in [5.74, 6) is -0.317. The Labute approximate surface area is 47.1 Å². The molecule has 0 aliphatic carbocycles. The van der Waals surface area contributed by atoms with Crippen molar-refractivity contribution >= 4 is 6.21 Å². The van der Waals surface area contributed by atoms with Crippen LogP contribution in [0.15, 0.2) is 17.0 Å². The third-order valence-electron chi connectivity index (χ3n) is 0.884. The number of nitrogens with zero attached hydrogens (tertiary/aromatic N) is 1. The molecule has 0 fully saturated rings. The largest absolute Gasteiger partial charge is 0.368 e. The Bertz CT molecular complexity index is 139. The first-order valence-corrected chi connectivity index (χ1v) is 2.44. The molecule has 0 bridgehead atoms. The fourth-order valence-electron chi connectivity index (χ4n) is 0.464. The number of rotatable bonds is 0. The fourth-order valence-corrected chi connectivity index (χ4v) is 0.464. The van der Waals surface area contributed by atoms with Crippen molar-refractivity contribution in [2.75, 3.05) is 0 Å². The summed E-state index contributed by atoms with van der Waals surface area (Å²) in [7, 11) is 0. The molecule has 1 atom stereocenters. The van der Waals surface area contributed by atoms with Crippen LogP contribution in [0.2, 0.25) is 0 Å². The standard InChI is InChI=1S/C5H7FN2/c1-4-7-2-5(6)3-8-4/h2-4,7H,1H3. The number of nitrogens with one attached hydrogen (secondary N) is 1. The number of hydrogen-bond donors (Lipinski definition) is 1. The van der Waals surface area contributed by atoms with E-state index >= 15 is 0 Å². The van der Waals surface area contributed by atoms with E-state index in [1.165, 1.54) is 12.4 Å². The van der Waals surface area contributed by atoms with Gasteiger partial charge >= 0.3 is 0 Å². The fraction of sp³-hybridized carbons (Fsp3) is 0.400. The number of aliphatic imine (C=N–C) groups is 1. The van der Waals surface area contributed by atoms with Crippen LogP contribution in [0.25, 0.3) is 0 Å². The smallest absolute Gasteiger partial charge is 0.156 e. The molecular formula is C5H7FN2. The lowest BCUT2D eigenvalue weighted by Crippen LogP contribution is -2.21. The highest BCUT2D eigenvalue weighted by Gasteiger charge is 1.99. The molecule has 0 aromatic heterocycles. The zero-order chi connectivity index (χ0) is 5.98. The Morgan fingerprint density at radius 3 is 3.00 bits per heavy atom. The van der Waals surface area contributed by atoms with Crippen LogP contribution in [0.3, 0.4) is 0 Å². The molecule has 0 radical (unpaired) electrons. The van der Waals surface area contributed by atoms with Crippen molar-refractivity contribution in [1.29, 1.82) is 0 Å². The molecule has 3 heteroatoms. The van der Waals surface area contributed by atoms with Gasteiger partial charge in [0.15, 0.2) is 5.83 Å². The first-order valence-electron chi connectivity index (χ1n) is 2.44. The van der Waals surface area contributed by atoms with Crippen molar-refractivity contribution < 1.29 is 4.39 Å². The van der Waals surface area contributed by atoms with Gasteiger partial charge in [0, 0.05) is 6.20 Å². The monoisotopic (exact) mass is 114 g/mol. The van der Waals surface area contributed by atoms with Crippen LogP contribution in [0, 0.1) is 0 Å². The van der Waals surface area contributed by atoms with E-state index < -0.39 is 0 Å². The lowest BCUT2D eigenvalue weighted by Gasteiger charge is -2.08. The second kappa shape index (κ2) is 1.94. The summed E-state index contributed by atoms with van der Waals surface area (Å²) in [6, 6.07) is 0. The topological polar surface area (TPSA) is 24.4 Å². The third kappa shape index (κ3) is 1.05. The third-order valence-corrected chi connectivity index (χ3v) is 0.884. The number of hydrogen-bond acceptors (Lipinski definition) is 2. The second-order valence-corrected chi connectivity index (χ2v) is 1.65. The maximum Gasteiger partial charge on any atom is 0.156 e. The van der Waals surface area contributed by atoms with Gasteiger partial charge in [-0.15, -0.1) is 0 Å². The normalized spacial score (nSPS) is 26.8. The molecule has 0 amide bonds. The van der Waals surface area contributed by atoms with Crippen LogP contribution >= 0.6 is 0 Å². The molecule has 1 rings (SSSR count). The highest BCUT2D eigenvalue weighted by molar-refractivity contribution is 5.76. The Kier molecular flexibility index (Phi) is 1.28. The molecule has 0 saturated carbocycles. The summed E-state index contributed by atoms with van der Waals surface area (Å²) >= 11 is 0. The average molecular weight is 114 g/mol. The van der Waals surface area contributed by atoms with Crippen LogP contribution in [-0.2, 0) is 0 Å². The maximum atomic E-state index is 12.0. The highest BCUT2D eigenvalue weighted by Crippen LogP contribution is 1.97. The van der Waals surface area contributed by atoms with Gasteiger partial charge in [-0.2, -0.15) is 0 Å². The van der Waals surface area contributed by atoms with Crippen LogP contribution in [0.1, 0.15) is 6.92 Å². The maximum absolute atomic E-state index is 12.0. The molecule has 1 aliphatic heterocycles. The molecule has 1 heterocycles. The van der Waals surface area contributed by atoms with Gasteiger partial charge in [0.2, 0.25) is 0 Å². The summed E-state index contributed by atoms with van der Waals surface area (Å²) in [6.45, 7) is 1.85. The van der Waals surface area contributed by atoms with Crippen molar-refractivity contribution in [2.24, 2.45) is 4.99 Å². The Balaban J connectivity index is 2.58.